The molecular formula is C13H15FN2O. The fourth-order valence-electron chi connectivity index (χ4n) is 1.47. The molecule has 0 aliphatic carbocycles. The van der Waals surface area contributed by atoms with Crippen LogP contribution in [-0.4, -0.2) is 26.8 Å². The second-order valence-electron chi connectivity index (χ2n) is 3.50. The highest BCUT2D eigenvalue weighted by atomic mass is 19.1. The van der Waals surface area contributed by atoms with Gasteiger partial charge >= 0.3 is 0 Å². The Bertz CT molecular complexity index is 426. The highest BCUT2D eigenvalue weighted by molar-refractivity contribution is 5.50. The zero-order valence-corrected chi connectivity index (χ0v) is 9.82. The van der Waals surface area contributed by atoms with Gasteiger partial charge in [0.05, 0.1) is 12.2 Å². The Morgan fingerprint density at radius 3 is 2.88 bits per heavy atom. The second kappa shape index (κ2) is 6.66. The van der Waals surface area contributed by atoms with E-state index in [4.69, 9.17) is 10.00 Å². The Morgan fingerprint density at radius 2 is 2.35 bits per heavy atom. The number of nitriles is 1. The summed E-state index contributed by atoms with van der Waals surface area (Å²) in [6, 6.07) is 6.36. The van der Waals surface area contributed by atoms with Crippen LogP contribution in [0, 0.1) is 17.1 Å². The third-order valence-corrected chi connectivity index (χ3v) is 2.35. The van der Waals surface area contributed by atoms with Crippen molar-refractivity contribution in [2.75, 3.05) is 31.7 Å². The van der Waals surface area contributed by atoms with Crippen LogP contribution in [0.15, 0.2) is 30.9 Å². The molecular weight excluding hydrogens is 219 g/mol. The van der Waals surface area contributed by atoms with Crippen LogP contribution < -0.4 is 4.90 Å². The average Bonchev–Trinajstić information content (AvgIpc) is 2.34. The van der Waals surface area contributed by atoms with Crippen molar-refractivity contribution in [3.63, 3.8) is 0 Å². The van der Waals surface area contributed by atoms with Crippen molar-refractivity contribution in [2.24, 2.45) is 0 Å². The number of rotatable bonds is 6. The number of halogens is 1. The summed E-state index contributed by atoms with van der Waals surface area (Å²) in [4.78, 5) is 1.93. The van der Waals surface area contributed by atoms with E-state index < -0.39 is 5.82 Å². The molecule has 0 spiro atoms. The largest absolute Gasteiger partial charge is 0.383 e. The predicted octanol–water partition coefficient (Wildman–Crippen LogP) is 2.34. The highest BCUT2D eigenvalue weighted by Crippen LogP contribution is 2.18. The molecule has 0 atom stereocenters. The fraction of sp³-hybridized carbons (Fsp3) is 0.308. The molecule has 90 valence electrons. The third kappa shape index (κ3) is 3.58. The van der Waals surface area contributed by atoms with E-state index in [9.17, 15) is 4.39 Å². The molecule has 1 aromatic carbocycles. The van der Waals surface area contributed by atoms with E-state index >= 15 is 0 Å². The molecule has 0 unspecified atom stereocenters. The summed E-state index contributed by atoms with van der Waals surface area (Å²) in [7, 11) is 1.62. The molecule has 0 heterocycles. The van der Waals surface area contributed by atoms with Crippen LogP contribution in [0.4, 0.5) is 10.1 Å². The molecule has 0 saturated heterocycles. The quantitative estimate of drug-likeness (QED) is 0.709. The van der Waals surface area contributed by atoms with E-state index in [1.165, 1.54) is 12.1 Å². The summed E-state index contributed by atoms with van der Waals surface area (Å²) < 4.78 is 18.5. The zero-order chi connectivity index (χ0) is 12.7. The summed E-state index contributed by atoms with van der Waals surface area (Å²) in [5.74, 6) is -0.503. The highest BCUT2D eigenvalue weighted by Gasteiger charge is 2.08. The Balaban J connectivity index is 2.90. The van der Waals surface area contributed by atoms with Gasteiger partial charge in [0.15, 0.2) is 0 Å². The molecule has 0 aromatic heterocycles. The molecule has 0 bridgehead atoms. The Morgan fingerprint density at radius 1 is 1.59 bits per heavy atom. The minimum Gasteiger partial charge on any atom is -0.383 e. The van der Waals surface area contributed by atoms with Crippen LogP contribution in [0.5, 0.6) is 0 Å². The van der Waals surface area contributed by atoms with Crippen molar-refractivity contribution in [2.45, 2.75) is 0 Å². The van der Waals surface area contributed by atoms with Gasteiger partial charge in [-0.25, -0.2) is 4.39 Å². The Hall–Kier alpha value is -1.86. The average molecular weight is 234 g/mol. The van der Waals surface area contributed by atoms with Crippen LogP contribution in [-0.2, 0) is 4.74 Å². The van der Waals surface area contributed by atoms with Crippen LogP contribution in [0.2, 0.25) is 0 Å². The lowest BCUT2D eigenvalue weighted by molar-refractivity contribution is 0.206. The van der Waals surface area contributed by atoms with Gasteiger partial charge in [0.1, 0.15) is 11.9 Å². The molecule has 1 rings (SSSR count). The van der Waals surface area contributed by atoms with Crippen molar-refractivity contribution in [3.8, 4) is 6.07 Å². The molecule has 3 nitrogen and oxygen atoms in total. The lowest BCUT2D eigenvalue weighted by Gasteiger charge is -2.23. The summed E-state index contributed by atoms with van der Waals surface area (Å²) in [6.07, 6.45) is 1.74. The minimum atomic E-state index is -0.503. The number of anilines is 1. The van der Waals surface area contributed by atoms with E-state index in [-0.39, 0.29) is 5.56 Å². The van der Waals surface area contributed by atoms with E-state index in [0.29, 0.717) is 19.7 Å². The minimum absolute atomic E-state index is 0.0547. The van der Waals surface area contributed by atoms with Gasteiger partial charge in [0.2, 0.25) is 0 Å². The van der Waals surface area contributed by atoms with Gasteiger partial charge in [-0.05, 0) is 18.2 Å². The summed E-state index contributed by atoms with van der Waals surface area (Å²) in [6.45, 7) is 5.47. The van der Waals surface area contributed by atoms with Crippen molar-refractivity contribution >= 4 is 5.69 Å². The van der Waals surface area contributed by atoms with Gasteiger partial charge in [0, 0.05) is 25.9 Å². The SMILES string of the molecule is C=CCN(CCOC)c1ccc(C#N)c(F)c1. The van der Waals surface area contributed by atoms with Crippen LogP contribution in [0.1, 0.15) is 5.56 Å². The molecule has 0 amide bonds. The van der Waals surface area contributed by atoms with Crippen LogP contribution >= 0.6 is 0 Å². The van der Waals surface area contributed by atoms with Crippen molar-refractivity contribution in [1.29, 1.82) is 5.26 Å². The van der Waals surface area contributed by atoms with Crippen molar-refractivity contribution in [3.05, 3.63) is 42.2 Å². The monoisotopic (exact) mass is 234 g/mol. The molecule has 0 fully saturated rings. The van der Waals surface area contributed by atoms with E-state index in [2.05, 4.69) is 6.58 Å². The second-order valence-corrected chi connectivity index (χ2v) is 3.50. The summed E-state index contributed by atoms with van der Waals surface area (Å²) in [5.41, 5.74) is 0.775. The van der Waals surface area contributed by atoms with Gasteiger partial charge in [-0.1, -0.05) is 6.08 Å². The number of methoxy groups -OCH3 is 1. The smallest absolute Gasteiger partial charge is 0.143 e. The lowest BCUT2D eigenvalue weighted by atomic mass is 10.2. The van der Waals surface area contributed by atoms with Gasteiger partial charge in [-0.3, -0.25) is 0 Å². The van der Waals surface area contributed by atoms with Gasteiger partial charge in [-0.15, -0.1) is 6.58 Å². The molecule has 0 saturated carbocycles. The Kier molecular flexibility index (Phi) is 5.18. The zero-order valence-electron chi connectivity index (χ0n) is 9.82. The first kappa shape index (κ1) is 13.2. The van der Waals surface area contributed by atoms with Crippen molar-refractivity contribution in [1.82, 2.24) is 0 Å². The van der Waals surface area contributed by atoms with Crippen molar-refractivity contribution < 1.29 is 9.13 Å². The number of hydrogen-bond acceptors (Lipinski definition) is 3. The van der Waals surface area contributed by atoms with Gasteiger partial charge in [-0.2, -0.15) is 5.26 Å². The van der Waals surface area contributed by atoms with Gasteiger partial charge < -0.3 is 9.64 Å². The number of benzene rings is 1. The Labute approximate surface area is 101 Å². The van der Waals surface area contributed by atoms with E-state index in [1.807, 2.05) is 4.90 Å². The predicted molar refractivity (Wildman–Crippen MR) is 65.4 cm³/mol. The van der Waals surface area contributed by atoms with E-state index in [1.54, 1.807) is 25.3 Å². The third-order valence-electron chi connectivity index (χ3n) is 2.35. The van der Waals surface area contributed by atoms with E-state index in [0.717, 1.165) is 5.69 Å². The molecule has 1 aromatic rings. The molecule has 0 radical (unpaired) electrons. The molecule has 17 heavy (non-hydrogen) atoms. The maximum absolute atomic E-state index is 13.5. The normalized spacial score (nSPS) is 9.71. The van der Waals surface area contributed by atoms with Crippen LogP contribution in [0.3, 0.4) is 0 Å². The fourth-order valence-corrected chi connectivity index (χ4v) is 1.47. The maximum Gasteiger partial charge on any atom is 0.143 e. The number of nitrogens with zero attached hydrogens (tertiary/aromatic N) is 2. The molecule has 0 aliphatic heterocycles. The number of ether oxygens (including phenoxy) is 1. The lowest BCUT2D eigenvalue weighted by Crippen LogP contribution is -2.27. The number of hydrogen-bond donors (Lipinski definition) is 0. The standard InChI is InChI=1S/C13H15FN2O/c1-3-6-16(7-8-17-2)12-5-4-11(10-15)13(14)9-12/h3-5,9H,1,6-8H2,2H3. The molecule has 4 heteroatoms. The van der Waals surface area contributed by atoms with Gasteiger partial charge in [0.25, 0.3) is 0 Å². The maximum atomic E-state index is 13.5. The molecule has 0 N–H and O–H groups in total. The molecule has 0 aliphatic rings. The first-order valence-corrected chi connectivity index (χ1v) is 5.27. The van der Waals surface area contributed by atoms with Crippen LogP contribution in [0.25, 0.3) is 0 Å². The summed E-state index contributed by atoms with van der Waals surface area (Å²) in [5, 5.41) is 8.65. The first-order valence-electron chi connectivity index (χ1n) is 5.27. The summed E-state index contributed by atoms with van der Waals surface area (Å²) >= 11 is 0. The topological polar surface area (TPSA) is 36.3 Å². The first-order chi connectivity index (χ1) is 8.22.